The van der Waals surface area contributed by atoms with Gasteiger partial charge in [-0.25, -0.2) is 9.59 Å². The zero-order valence-electron chi connectivity index (χ0n) is 10.8. The molecule has 1 aromatic rings. The zero-order chi connectivity index (χ0) is 13.8. The number of hydrogen-bond donors (Lipinski definition) is 1. The highest BCUT2D eigenvalue weighted by molar-refractivity contribution is 5.89. The van der Waals surface area contributed by atoms with Crippen LogP contribution in [0.2, 0.25) is 0 Å². The minimum Gasteiger partial charge on any atom is -0.465 e. The Kier molecular flexibility index (Phi) is 4.04. The highest BCUT2D eigenvalue weighted by Gasteiger charge is 2.28. The molecule has 0 aromatic heterocycles. The van der Waals surface area contributed by atoms with Crippen LogP contribution in [-0.2, 0) is 11.2 Å². The summed E-state index contributed by atoms with van der Waals surface area (Å²) < 4.78 is 4.63. The molecule has 0 aliphatic carbocycles. The van der Waals surface area contributed by atoms with Gasteiger partial charge in [-0.15, -0.1) is 0 Å². The number of benzene rings is 1. The molecule has 1 aromatic carbocycles. The number of esters is 1. The lowest BCUT2D eigenvalue weighted by Crippen LogP contribution is -2.35. The predicted molar refractivity (Wildman–Crippen MR) is 69.2 cm³/mol. The fourth-order valence-corrected chi connectivity index (χ4v) is 2.47. The molecule has 1 amide bonds. The van der Waals surface area contributed by atoms with Crippen molar-refractivity contribution < 1.29 is 19.4 Å². The number of carboxylic acid groups (broad SMARTS) is 1. The Morgan fingerprint density at radius 3 is 2.63 bits per heavy atom. The Balaban J connectivity index is 2.03. The standard InChI is InChI=1S/C14H17NO4/c1-19-13(16)11-6-4-10(5-7-11)9-12-3-2-8-15(12)14(17)18/h4-7,12H,2-3,8-9H2,1H3,(H,17,18). The van der Waals surface area contributed by atoms with Crippen LogP contribution in [0, 0.1) is 0 Å². The fraction of sp³-hybridized carbons (Fsp3) is 0.429. The second-order valence-corrected chi connectivity index (χ2v) is 4.66. The van der Waals surface area contributed by atoms with Crippen LogP contribution < -0.4 is 0 Å². The Morgan fingerprint density at radius 1 is 1.37 bits per heavy atom. The number of amides is 1. The third-order valence-corrected chi connectivity index (χ3v) is 3.47. The number of rotatable bonds is 3. The molecule has 1 N–H and O–H groups in total. The second kappa shape index (κ2) is 5.73. The van der Waals surface area contributed by atoms with Gasteiger partial charge in [0.05, 0.1) is 12.7 Å². The molecule has 1 fully saturated rings. The van der Waals surface area contributed by atoms with Crippen molar-refractivity contribution in [3.05, 3.63) is 35.4 Å². The number of nitrogens with zero attached hydrogens (tertiary/aromatic N) is 1. The van der Waals surface area contributed by atoms with Gasteiger partial charge in [0.15, 0.2) is 0 Å². The maximum atomic E-state index is 11.3. The van der Waals surface area contributed by atoms with Crippen LogP contribution in [0.5, 0.6) is 0 Å². The van der Waals surface area contributed by atoms with Crippen molar-refractivity contribution in [2.45, 2.75) is 25.3 Å². The molecule has 0 saturated carbocycles. The van der Waals surface area contributed by atoms with Gasteiger partial charge >= 0.3 is 12.1 Å². The third-order valence-electron chi connectivity index (χ3n) is 3.47. The number of methoxy groups -OCH3 is 1. The predicted octanol–water partition coefficient (Wildman–Crippen LogP) is 2.16. The van der Waals surface area contributed by atoms with Crippen molar-refractivity contribution in [2.75, 3.05) is 13.7 Å². The number of ether oxygens (including phenoxy) is 1. The minimum atomic E-state index is -0.853. The average molecular weight is 263 g/mol. The van der Waals surface area contributed by atoms with Gasteiger partial charge in [0.25, 0.3) is 0 Å². The maximum absolute atomic E-state index is 11.3. The van der Waals surface area contributed by atoms with E-state index in [9.17, 15) is 9.59 Å². The molecule has 5 nitrogen and oxygen atoms in total. The van der Waals surface area contributed by atoms with Crippen molar-refractivity contribution in [3.8, 4) is 0 Å². The molecular formula is C14H17NO4. The van der Waals surface area contributed by atoms with Crippen LogP contribution in [0.1, 0.15) is 28.8 Å². The largest absolute Gasteiger partial charge is 0.465 e. The van der Waals surface area contributed by atoms with Crippen molar-refractivity contribution >= 4 is 12.1 Å². The van der Waals surface area contributed by atoms with Crippen LogP contribution in [0.4, 0.5) is 4.79 Å². The van der Waals surface area contributed by atoms with Gasteiger partial charge in [0.2, 0.25) is 0 Å². The molecule has 0 radical (unpaired) electrons. The van der Waals surface area contributed by atoms with E-state index in [-0.39, 0.29) is 12.0 Å². The van der Waals surface area contributed by atoms with Gasteiger partial charge in [-0.1, -0.05) is 12.1 Å². The number of carbonyl (C=O) groups is 2. The van der Waals surface area contributed by atoms with E-state index in [1.807, 2.05) is 12.1 Å². The Hall–Kier alpha value is -2.04. The van der Waals surface area contributed by atoms with Gasteiger partial charge in [0.1, 0.15) is 0 Å². The summed E-state index contributed by atoms with van der Waals surface area (Å²) in [6.07, 6.45) is 1.64. The second-order valence-electron chi connectivity index (χ2n) is 4.66. The molecule has 1 aliphatic rings. The van der Waals surface area contributed by atoms with E-state index in [2.05, 4.69) is 4.74 Å². The third kappa shape index (κ3) is 3.05. The van der Waals surface area contributed by atoms with E-state index in [4.69, 9.17) is 5.11 Å². The summed E-state index contributed by atoms with van der Waals surface area (Å²) in [6.45, 7) is 0.611. The highest BCUT2D eigenvalue weighted by Crippen LogP contribution is 2.21. The number of hydrogen-bond acceptors (Lipinski definition) is 3. The molecule has 0 bridgehead atoms. The van der Waals surface area contributed by atoms with Crippen molar-refractivity contribution in [1.29, 1.82) is 0 Å². The normalized spacial score (nSPS) is 18.4. The Labute approximate surface area is 111 Å². The fourth-order valence-electron chi connectivity index (χ4n) is 2.47. The first-order chi connectivity index (χ1) is 9.11. The quantitative estimate of drug-likeness (QED) is 0.849. The summed E-state index contributed by atoms with van der Waals surface area (Å²) in [6, 6.07) is 7.17. The molecule has 1 heterocycles. The first-order valence-electron chi connectivity index (χ1n) is 6.28. The molecule has 0 spiro atoms. The molecule has 2 rings (SSSR count). The Morgan fingerprint density at radius 2 is 2.05 bits per heavy atom. The summed E-state index contributed by atoms with van der Waals surface area (Å²) in [7, 11) is 1.35. The van der Waals surface area contributed by atoms with Gasteiger partial charge in [0, 0.05) is 12.6 Å². The van der Waals surface area contributed by atoms with Crippen LogP contribution in [-0.4, -0.2) is 41.8 Å². The van der Waals surface area contributed by atoms with Gasteiger partial charge < -0.3 is 14.7 Å². The van der Waals surface area contributed by atoms with Crippen LogP contribution in [0.25, 0.3) is 0 Å². The van der Waals surface area contributed by atoms with E-state index in [1.54, 1.807) is 12.1 Å². The minimum absolute atomic E-state index is 0.0430. The Bertz CT molecular complexity index is 469. The van der Waals surface area contributed by atoms with E-state index in [0.29, 0.717) is 18.5 Å². The van der Waals surface area contributed by atoms with E-state index in [0.717, 1.165) is 18.4 Å². The molecule has 1 aliphatic heterocycles. The summed E-state index contributed by atoms with van der Waals surface area (Å²) in [5.41, 5.74) is 1.54. The molecule has 102 valence electrons. The lowest BCUT2D eigenvalue weighted by atomic mass is 10.0. The van der Waals surface area contributed by atoms with Gasteiger partial charge in [-0.3, -0.25) is 0 Å². The summed E-state index contributed by atoms with van der Waals surface area (Å²) in [5, 5.41) is 9.08. The lowest BCUT2D eigenvalue weighted by Gasteiger charge is -2.21. The van der Waals surface area contributed by atoms with Gasteiger partial charge in [-0.05, 0) is 37.0 Å². The first-order valence-corrected chi connectivity index (χ1v) is 6.28. The van der Waals surface area contributed by atoms with Crippen LogP contribution >= 0.6 is 0 Å². The summed E-state index contributed by atoms with van der Waals surface area (Å²) in [5.74, 6) is -0.362. The average Bonchev–Trinajstić information content (AvgIpc) is 2.87. The first kappa shape index (κ1) is 13.4. The van der Waals surface area contributed by atoms with Crippen molar-refractivity contribution in [3.63, 3.8) is 0 Å². The monoisotopic (exact) mass is 263 g/mol. The molecule has 1 atom stereocenters. The van der Waals surface area contributed by atoms with E-state index >= 15 is 0 Å². The molecular weight excluding hydrogens is 246 g/mol. The van der Waals surface area contributed by atoms with Gasteiger partial charge in [-0.2, -0.15) is 0 Å². The molecule has 5 heteroatoms. The maximum Gasteiger partial charge on any atom is 0.407 e. The summed E-state index contributed by atoms with van der Waals surface area (Å²) >= 11 is 0. The van der Waals surface area contributed by atoms with Crippen LogP contribution in [0.15, 0.2) is 24.3 Å². The molecule has 1 unspecified atom stereocenters. The molecule has 19 heavy (non-hydrogen) atoms. The summed E-state index contributed by atoms with van der Waals surface area (Å²) in [4.78, 5) is 23.8. The van der Waals surface area contributed by atoms with Crippen molar-refractivity contribution in [2.24, 2.45) is 0 Å². The number of carbonyl (C=O) groups excluding carboxylic acids is 1. The van der Waals surface area contributed by atoms with Crippen molar-refractivity contribution in [1.82, 2.24) is 4.90 Å². The SMILES string of the molecule is COC(=O)c1ccc(CC2CCCN2C(=O)O)cc1. The van der Waals surface area contributed by atoms with Crippen LogP contribution in [0.3, 0.4) is 0 Å². The lowest BCUT2D eigenvalue weighted by molar-refractivity contribution is 0.0600. The number of likely N-dealkylation sites (tertiary alicyclic amines) is 1. The van der Waals surface area contributed by atoms with E-state index < -0.39 is 6.09 Å². The zero-order valence-corrected chi connectivity index (χ0v) is 10.8. The molecule has 1 saturated heterocycles. The topological polar surface area (TPSA) is 66.8 Å². The van der Waals surface area contributed by atoms with E-state index in [1.165, 1.54) is 12.0 Å². The highest BCUT2D eigenvalue weighted by atomic mass is 16.5. The smallest absolute Gasteiger partial charge is 0.407 e.